The molecule has 0 unspecified atom stereocenters. The molecule has 0 saturated heterocycles. The number of aryl methyl sites for hydroxylation is 1. The first-order chi connectivity index (χ1) is 13.7. The summed E-state index contributed by atoms with van der Waals surface area (Å²) in [6.45, 7) is -0.195. The Morgan fingerprint density at radius 2 is 1.93 bits per heavy atom. The summed E-state index contributed by atoms with van der Waals surface area (Å²) in [5.41, 5.74) is 1.82. The maximum absolute atomic E-state index is 12.8. The van der Waals surface area contributed by atoms with Crippen molar-refractivity contribution in [3.8, 4) is 11.6 Å². The molecule has 1 N–H and O–H groups in total. The molecule has 3 rings (SSSR count). The fraction of sp³-hybridized carbons (Fsp3) is 0.158. The number of hydroxylamine groups is 1. The van der Waals surface area contributed by atoms with E-state index in [1.54, 1.807) is 31.3 Å². The van der Waals surface area contributed by atoms with Crippen LogP contribution in [0.1, 0.15) is 21.5 Å². The Labute approximate surface area is 168 Å². The normalized spacial score (nSPS) is 11.2. The second-order valence-corrected chi connectivity index (χ2v) is 6.43. The van der Waals surface area contributed by atoms with E-state index >= 15 is 0 Å². The fourth-order valence-corrected chi connectivity index (χ4v) is 2.51. The molecule has 1 heterocycles. The molecule has 29 heavy (non-hydrogen) atoms. The van der Waals surface area contributed by atoms with Gasteiger partial charge in [-0.3, -0.25) is 9.48 Å². The third-order valence-corrected chi connectivity index (χ3v) is 4.00. The average Bonchev–Trinajstić information content (AvgIpc) is 3.06. The summed E-state index contributed by atoms with van der Waals surface area (Å²) in [4.78, 5) is 17.6. The molecule has 2 aromatic carbocycles. The lowest BCUT2D eigenvalue weighted by atomic mass is 10.1. The van der Waals surface area contributed by atoms with Crippen molar-refractivity contribution in [2.75, 3.05) is 0 Å². The molecule has 0 bridgehead atoms. The van der Waals surface area contributed by atoms with E-state index < -0.39 is 17.6 Å². The van der Waals surface area contributed by atoms with E-state index in [2.05, 4.69) is 10.6 Å². The smallest absolute Gasteiger partial charge is 0.416 e. The minimum absolute atomic E-state index is 0.0397. The molecule has 1 amide bonds. The summed E-state index contributed by atoms with van der Waals surface area (Å²) in [7, 11) is 1.58. The predicted molar refractivity (Wildman–Crippen MR) is 98.5 cm³/mol. The molecule has 0 saturated carbocycles. The number of alkyl halides is 3. The van der Waals surface area contributed by atoms with Crippen LogP contribution in [0.5, 0.6) is 11.6 Å². The molecule has 0 aliphatic heterocycles. The van der Waals surface area contributed by atoms with Crippen molar-refractivity contribution in [1.29, 1.82) is 0 Å². The Morgan fingerprint density at radius 3 is 2.62 bits per heavy atom. The highest BCUT2D eigenvalue weighted by molar-refractivity contribution is 6.30. The van der Waals surface area contributed by atoms with E-state index in [-0.39, 0.29) is 23.6 Å². The molecule has 0 aliphatic rings. The molecule has 3 aromatic rings. The lowest BCUT2D eigenvalue weighted by Gasteiger charge is -2.10. The monoisotopic (exact) mass is 425 g/mol. The van der Waals surface area contributed by atoms with Gasteiger partial charge < -0.3 is 9.57 Å². The Kier molecular flexibility index (Phi) is 5.97. The van der Waals surface area contributed by atoms with Gasteiger partial charge in [-0.05, 0) is 42.0 Å². The highest BCUT2D eigenvalue weighted by atomic mass is 35.5. The second-order valence-electron chi connectivity index (χ2n) is 6.00. The molecule has 0 fully saturated rings. The van der Waals surface area contributed by atoms with Crippen molar-refractivity contribution in [3.63, 3.8) is 0 Å². The minimum Gasteiger partial charge on any atom is -0.471 e. The van der Waals surface area contributed by atoms with Crippen LogP contribution < -0.4 is 15.1 Å². The first-order valence-electron chi connectivity index (χ1n) is 8.28. The first kappa shape index (κ1) is 20.5. The summed E-state index contributed by atoms with van der Waals surface area (Å²) < 4.78 is 45.3. The summed E-state index contributed by atoms with van der Waals surface area (Å²) >= 11 is 5.78. The van der Waals surface area contributed by atoms with Gasteiger partial charge in [0.05, 0.1) is 5.56 Å². The predicted octanol–water partition coefficient (Wildman–Crippen LogP) is 4.40. The number of rotatable bonds is 6. The third kappa shape index (κ3) is 5.41. The van der Waals surface area contributed by atoms with Crippen LogP contribution in [0, 0.1) is 0 Å². The van der Waals surface area contributed by atoms with Crippen LogP contribution in [0.2, 0.25) is 5.02 Å². The van der Waals surface area contributed by atoms with Crippen LogP contribution in [-0.2, 0) is 19.8 Å². The zero-order chi connectivity index (χ0) is 21.0. The highest BCUT2D eigenvalue weighted by Crippen LogP contribution is 2.30. The van der Waals surface area contributed by atoms with Crippen molar-refractivity contribution >= 4 is 17.5 Å². The van der Waals surface area contributed by atoms with Gasteiger partial charge in [0, 0.05) is 18.3 Å². The van der Waals surface area contributed by atoms with Crippen molar-refractivity contribution in [3.05, 3.63) is 76.4 Å². The molecule has 0 aliphatic carbocycles. The van der Waals surface area contributed by atoms with Crippen molar-refractivity contribution in [2.45, 2.75) is 12.8 Å². The van der Waals surface area contributed by atoms with Gasteiger partial charge in [0.2, 0.25) is 5.88 Å². The lowest BCUT2D eigenvalue weighted by Crippen LogP contribution is -2.27. The summed E-state index contributed by atoms with van der Waals surface area (Å²) in [6, 6.07) is 11.0. The van der Waals surface area contributed by atoms with E-state index in [0.29, 0.717) is 10.8 Å². The standard InChI is InChI=1S/C19H15ClF3N3O3/c1-26-10-16(17(27)25-29-15-7-5-14(20)6-8-15)18(24-26)28-11-12-3-2-4-13(9-12)19(21,22)23/h2-10H,11H2,1H3,(H,25,27). The Hall–Kier alpha value is -3.20. The van der Waals surface area contributed by atoms with Gasteiger partial charge in [-0.25, -0.2) is 0 Å². The first-order valence-corrected chi connectivity index (χ1v) is 8.65. The fourth-order valence-electron chi connectivity index (χ4n) is 2.38. The maximum Gasteiger partial charge on any atom is 0.416 e. The van der Waals surface area contributed by atoms with Gasteiger partial charge in [-0.1, -0.05) is 23.7 Å². The van der Waals surface area contributed by atoms with Crippen molar-refractivity contribution < 1.29 is 27.5 Å². The minimum atomic E-state index is -4.45. The van der Waals surface area contributed by atoms with Crippen LogP contribution in [-0.4, -0.2) is 15.7 Å². The molecular weight excluding hydrogens is 411 g/mol. The van der Waals surface area contributed by atoms with Crippen LogP contribution >= 0.6 is 11.6 Å². The van der Waals surface area contributed by atoms with E-state index in [0.717, 1.165) is 12.1 Å². The van der Waals surface area contributed by atoms with Crippen LogP contribution in [0.3, 0.4) is 0 Å². The number of carbonyl (C=O) groups is 1. The Morgan fingerprint density at radius 1 is 1.21 bits per heavy atom. The molecule has 0 radical (unpaired) electrons. The molecule has 152 valence electrons. The topological polar surface area (TPSA) is 65.4 Å². The number of hydrogen-bond donors (Lipinski definition) is 1. The third-order valence-electron chi connectivity index (χ3n) is 3.74. The van der Waals surface area contributed by atoms with E-state index in [9.17, 15) is 18.0 Å². The molecule has 6 nitrogen and oxygen atoms in total. The Bertz CT molecular complexity index is 1000. The maximum atomic E-state index is 12.8. The molecule has 10 heteroatoms. The number of ether oxygens (including phenoxy) is 1. The highest BCUT2D eigenvalue weighted by Gasteiger charge is 2.30. The van der Waals surface area contributed by atoms with Crippen LogP contribution in [0.15, 0.2) is 54.7 Å². The summed E-state index contributed by atoms with van der Waals surface area (Å²) in [5.74, 6) is -0.313. The molecule has 0 spiro atoms. The quantitative estimate of drug-likeness (QED) is 0.595. The zero-order valence-electron chi connectivity index (χ0n) is 15.0. The van der Waals surface area contributed by atoms with Gasteiger partial charge in [-0.2, -0.15) is 18.7 Å². The van der Waals surface area contributed by atoms with Gasteiger partial charge in [0.15, 0.2) is 5.75 Å². The SMILES string of the molecule is Cn1cc(C(=O)NOc2ccc(Cl)cc2)c(OCc2cccc(C(F)(F)F)c2)n1. The number of benzene rings is 2. The van der Waals surface area contributed by atoms with Crippen molar-refractivity contribution in [2.24, 2.45) is 7.05 Å². The zero-order valence-corrected chi connectivity index (χ0v) is 15.8. The second kappa shape index (κ2) is 8.44. The van der Waals surface area contributed by atoms with Gasteiger partial charge in [-0.15, -0.1) is 5.10 Å². The Balaban J connectivity index is 1.67. The average molecular weight is 426 g/mol. The van der Waals surface area contributed by atoms with E-state index in [1.807, 2.05) is 0 Å². The number of hydrogen-bond acceptors (Lipinski definition) is 4. The van der Waals surface area contributed by atoms with Crippen LogP contribution in [0.4, 0.5) is 13.2 Å². The molecular formula is C19H15ClF3N3O3. The number of carbonyl (C=O) groups excluding carboxylic acids is 1. The van der Waals surface area contributed by atoms with Crippen LogP contribution in [0.25, 0.3) is 0 Å². The largest absolute Gasteiger partial charge is 0.471 e. The van der Waals surface area contributed by atoms with E-state index in [4.69, 9.17) is 21.2 Å². The lowest BCUT2D eigenvalue weighted by molar-refractivity contribution is -0.137. The number of halogens is 4. The van der Waals surface area contributed by atoms with E-state index in [1.165, 1.54) is 23.0 Å². The number of nitrogens with zero attached hydrogens (tertiary/aromatic N) is 2. The van der Waals surface area contributed by atoms with Gasteiger partial charge in [0.25, 0.3) is 5.91 Å². The summed E-state index contributed by atoms with van der Waals surface area (Å²) in [6.07, 6.45) is -3.05. The number of aromatic nitrogens is 2. The summed E-state index contributed by atoms with van der Waals surface area (Å²) in [5, 5.41) is 4.54. The molecule has 1 aromatic heterocycles. The van der Waals surface area contributed by atoms with Crippen molar-refractivity contribution in [1.82, 2.24) is 15.3 Å². The number of nitrogens with one attached hydrogen (secondary N) is 1. The molecule has 0 atom stereocenters. The van der Waals surface area contributed by atoms with Gasteiger partial charge in [0.1, 0.15) is 12.2 Å². The number of amides is 1. The van der Waals surface area contributed by atoms with Gasteiger partial charge >= 0.3 is 6.18 Å².